The Kier molecular flexibility index (Phi) is 9.15. The standard InChI is InChI=1S/C80H74N4O/c1-76(2,3)52-38-43-81-72(46-52)84-69-28-17-16-25-61(69)62-33-32-55(48-71(62)84)85-54-21-18-20-53(47-54)82-49-83-74-64(27-19-29-70(74)82)60-24-13-12-22-58(60)59-23-14-15-26-63(59)73-56(50-30-36-65-67(44-50)79(8,9)41-39-77(65,4)5)34-35-57(75(73)83)51-31-37-66-68(45-51)80(10,11)42-40-78(66,6)7/h12-38,43-48H,39-42H2,1-11H3/i14D,15D,23D,26D,30D,31D,34D,35D,36D,37D,44D,45D. The van der Waals surface area contributed by atoms with Crippen LogP contribution in [0.25, 0.3) is 106 Å². The molecule has 0 saturated heterocycles. The number of rotatable bonds is 6. The van der Waals surface area contributed by atoms with Gasteiger partial charge in [-0.25, -0.2) is 4.98 Å². The molecule has 0 amide bonds. The Morgan fingerprint density at radius 2 is 1.08 bits per heavy atom. The first-order valence-electron chi connectivity index (χ1n) is 35.7. The average molecular weight is 1120 g/mol. The lowest BCUT2D eigenvalue weighted by Gasteiger charge is -2.42. The normalized spacial score (nSPS) is 18.1. The molecule has 9 aromatic carbocycles. The third-order valence-electron chi connectivity index (χ3n) is 18.7. The zero-order valence-electron chi connectivity index (χ0n) is 62.1. The maximum absolute atomic E-state index is 10.8. The number of fused-ring (bicyclic) bond motifs is 12. The van der Waals surface area contributed by atoms with Crippen molar-refractivity contribution in [3.05, 3.63) is 234 Å². The predicted molar refractivity (Wildman–Crippen MR) is 352 cm³/mol. The molecule has 12 aromatic rings. The summed E-state index contributed by atoms with van der Waals surface area (Å²) in [6.45, 7) is 22.7. The summed E-state index contributed by atoms with van der Waals surface area (Å²) in [7, 11) is 0. The number of nitrogens with zero attached hydrogens (tertiary/aromatic N) is 4. The van der Waals surface area contributed by atoms with E-state index in [1.165, 1.54) is 0 Å². The zero-order valence-corrected chi connectivity index (χ0v) is 50.1. The summed E-state index contributed by atoms with van der Waals surface area (Å²) in [4.78, 5) is 4.91. The first kappa shape index (κ1) is 41.3. The van der Waals surface area contributed by atoms with Crippen LogP contribution in [0.5, 0.6) is 11.5 Å². The highest BCUT2D eigenvalue weighted by atomic mass is 16.5. The van der Waals surface area contributed by atoms with Crippen molar-refractivity contribution in [3.63, 3.8) is 0 Å². The van der Waals surface area contributed by atoms with Crippen LogP contribution in [0.15, 0.2) is 200 Å². The summed E-state index contributed by atoms with van der Waals surface area (Å²) in [5, 5.41) is 2.08. The van der Waals surface area contributed by atoms with Gasteiger partial charge in [0.2, 0.25) is 0 Å². The van der Waals surface area contributed by atoms with Gasteiger partial charge in [0.15, 0.2) is 0 Å². The van der Waals surface area contributed by atoms with Crippen molar-refractivity contribution >= 4 is 32.8 Å². The molecule has 85 heavy (non-hydrogen) atoms. The van der Waals surface area contributed by atoms with Crippen LogP contribution in [0.1, 0.15) is 146 Å². The van der Waals surface area contributed by atoms with Crippen LogP contribution in [0, 0.1) is 6.33 Å². The molecule has 0 unspecified atom stereocenters. The molecule has 3 aromatic heterocycles. The van der Waals surface area contributed by atoms with Crippen LogP contribution in [0.4, 0.5) is 0 Å². The van der Waals surface area contributed by atoms with Crippen molar-refractivity contribution < 1.29 is 25.8 Å². The van der Waals surface area contributed by atoms with Gasteiger partial charge in [0, 0.05) is 28.6 Å². The van der Waals surface area contributed by atoms with Crippen LogP contribution in [0.2, 0.25) is 0 Å². The van der Waals surface area contributed by atoms with E-state index in [1.54, 1.807) is 16.7 Å². The van der Waals surface area contributed by atoms with Gasteiger partial charge in [-0.2, -0.15) is 0 Å². The zero-order chi connectivity index (χ0) is 69.0. The lowest BCUT2D eigenvalue weighted by molar-refractivity contribution is -0.570. The molecular weight excluding hydrogens is 1030 g/mol. The van der Waals surface area contributed by atoms with E-state index in [-0.39, 0.29) is 80.3 Å². The Bertz CT molecular complexity index is 5470. The number of ether oxygens (including phenoxy) is 1. The molecule has 0 atom stereocenters. The largest absolute Gasteiger partial charge is 0.458 e. The van der Waals surface area contributed by atoms with E-state index in [9.17, 15) is 16.4 Å². The highest BCUT2D eigenvalue weighted by molar-refractivity contribution is 6.10. The molecule has 4 heterocycles. The third-order valence-corrected chi connectivity index (χ3v) is 18.7. The summed E-state index contributed by atoms with van der Waals surface area (Å²) < 4.78 is 136. The number of aromatic nitrogens is 4. The molecule has 5 heteroatoms. The number of hydrogen-bond donors (Lipinski definition) is 0. The molecule has 0 spiro atoms. The molecule has 15 rings (SSSR count). The van der Waals surface area contributed by atoms with E-state index in [0.717, 1.165) is 33.2 Å². The first-order chi connectivity index (χ1) is 45.8. The molecule has 5 nitrogen and oxygen atoms in total. The van der Waals surface area contributed by atoms with Crippen molar-refractivity contribution in [1.29, 1.82) is 0 Å². The van der Waals surface area contributed by atoms with Crippen LogP contribution >= 0.6 is 0 Å². The fourth-order valence-corrected chi connectivity index (χ4v) is 13.6. The highest BCUT2D eigenvalue weighted by Crippen LogP contribution is 2.53. The highest BCUT2D eigenvalue weighted by Gasteiger charge is 2.40. The quantitative estimate of drug-likeness (QED) is 0.123. The maximum Gasteiger partial charge on any atom is 0.269 e. The van der Waals surface area contributed by atoms with Crippen LogP contribution < -0.4 is 9.30 Å². The summed E-state index contributed by atoms with van der Waals surface area (Å²) in [6, 6.07) is 34.6. The molecule has 420 valence electrons. The van der Waals surface area contributed by atoms with E-state index in [0.29, 0.717) is 92.8 Å². The van der Waals surface area contributed by atoms with Crippen LogP contribution in [-0.2, 0) is 27.1 Å². The van der Waals surface area contributed by atoms with E-state index >= 15 is 0 Å². The molecule has 0 N–H and O–H groups in total. The van der Waals surface area contributed by atoms with Gasteiger partial charge < -0.3 is 4.74 Å². The van der Waals surface area contributed by atoms with Crippen molar-refractivity contribution in [3.8, 4) is 84.3 Å². The lowest BCUT2D eigenvalue weighted by Crippen LogP contribution is -2.34. The summed E-state index contributed by atoms with van der Waals surface area (Å²) in [6.07, 6.45) is 8.18. The van der Waals surface area contributed by atoms with Crippen molar-refractivity contribution in [1.82, 2.24) is 14.1 Å². The second kappa shape index (κ2) is 18.9. The molecule has 0 bridgehead atoms. The Morgan fingerprint density at radius 3 is 1.79 bits per heavy atom. The Labute approximate surface area is 518 Å². The van der Waals surface area contributed by atoms with E-state index in [4.69, 9.17) is 9.72 Å². The topological polar surface area (TPSA) is 35.9 Å². The molecule has 2 aliphatic carbocycles. The smallest absolute Gasteiger partial charge is 0.269 e. The van der Waals surface area contributed by atoms with Gasteiger partial charge in [0.25, 0.3) is 6.33 Å². The summed E-state index contributed by atoms with van der Waals surface area (Å²) >= 11 is 0. The summed E-state index contributed by atoms with van der Waals surface area (Å²) in [5.41, 5.74) is 4.54. The second-order valence-electron chi connectivity index (χ2n) is 27.3. The van der Waals surface area contributed by atoms with Crippen LogP contribution in [-0.4, -0.2) is 14.1 Å². The molecule has 1 aliphatic heterocycles. The molecule has 0 saturated carbocycles. The SMILES string of the molecule is [2H]c1c([2H])c([2H])c2c(c1[2H])-c1ccccc1-c1cccc3c1[n+]([c-]n3-c1cccc(Oc3ccc4c5ccccc5n(-c5cc(C(C)(C)C)ccn5)c4c3)c1)-c1c(-c3c([2H])c([2H])c4c(c3[2H])C(C)(C)CCC4(C)C)c([2H])c([2H])c(-c3c([2H])c([2H])c4c(c3[2H])C(C)(C)CCC4(C)C)c1-2. The van der Waals surface area contributed by atoms with Crippen molar-refractivity contribution in [2.24, 2.45) is 0 Å². The predicted octanol–water partition coefficient (Wildman–Crippen LogP) is 20.6. The number of imidazole rings is 1. The minimum absolute atomic E-state index is 0.0261. The minimum Gasteiger partial charge on any atom is -0.458 e. The summed E-state index contributed by atoms with van der Waals surface area (Å²) in [5.74, 6) is 1.79. The molecule has 0 radical (unpaired) electrons. The number of benzene rings is 9. The van der Waals surface area contributed by atoms with Gasteiger partial charge >= 0.3 is 0 Å². The third kappa shape index (κ3) is 8.46. The van der Waals surface area contributed by atoms with Gasteiger partial charge in [-0.05, 0) is 179 Å². The average Bonchev–Trinajstić information content (AvgIpc) is 1.68. The van der Waals surface area contributed by atoms with Gasteiger partial charge in [-0.1, -0.05) is 215 Å². The Balaban J connectivity index is 1.08. The van der Waals surface area contributed by atoms with Gasteiger partial charge in [-0.15, -0.1) is 0 Å². The minimum atomic E-state index is -0.723. The molecule has 3 aliphatic rings. The van der Waals surface area contributed by atoms with Crippen molar-refractivity contribution in [2.75, 3.05) is 0 Å². The van der Waals surface area contributed by atoms with E-state index in [1.807, 2.05) is 145 Å². The number of hydrogen-bond acceptors (Lipinski definition) is 2. The van der Waals surface area contributed by atoms with Gasteiger partial charge in [0.05, 0.1) is 49.9 Å². The Morgan fingerprint density at radius 1 is 0.506 bits per heavy atom. The Hall–Kier alpha value is -8.80. The lowest BCUT2D eigenvalue weighted by atomic mass is 9.62. The van der Waals surface area contributed by atoms with Gasteiger partial charge in [0.1, 0.15) is 17.3 Å². The van der Waals surface area contributed by atoms with Crippen LogP contribution in [0.3, 0.4) is 0 Å². The molecular formula is C80H74N4O. The maximum atomic E-state index is 10.8. The monoisotopic (exact) mass is 1120 g/mol. The molecule has 0 fully saturated rings. The fraction of sp³-hybridized carbons (Fsp3) is 0.250. The number of pyridine rings is 1. The van der Waals surface area contributed by atoms with E-state index in [2.05, 4.69) is 62.0 Å². The second-order valence-corrected chi connectivity index (χ2v) is 27.3. The van der Waals surface area contributed by atoms with Gasteiger partial charge in [-0.3, -0.25) is 13.7 Å². The van der Waals surface area contributed by atoms with E-state index < -0.39 is 64.0 Å². The first-order valence-corrected chi connectivity index (χ1v) is 29.7. The fourth-order valence-electron chi connectivity index (χ4n) is 13.6. The number of para-hydroxylation sites is 2. The van der Waals surface area contributed by atoms with Crippen molar-refractivity contribution in [2.45, 2.75) is 129 Å².